The molecule has 0 amide bonds. The van der Waals surface area contributed by atoms with Gasteiger partial charge in [0.05, 0.1) is 16.0 Å². The summed E-state index contributed by atoms with van der Waals surface area (Å²) in [6.07, 6.45) is -13.4. The first-order valence-electron chi connectivity index (χ1n) is 11.7. The molecule has 0 aliphatic carbocycles. The summed E-state index contributed by atoms with van der Waals surface area (Å²) in [5.74, 6) is -5.51. The van der Waals surface area contributed by atoms with Crippen molar-refractivity contribution in [2.24, 2.45) is 0 Å². The number of rotatable bonds is 4. The lowest BCUT2D eigenvalue weighted by Gasteiger charge is -2.27. The Morgan fingerprint density at radius 1 is 0.814 bits per heavy atom. The van der Waals surface area contributed by atoms with E-state index in [1.165, 1.54) is 12.3 Å². The van der Waals surface area contributed by atoms with Gasteiger partial charge in [-0.1, -0.05) is 18.2 Å². The first-order chi connectivity index (χ1) is 19.7. The molecular weight excluding hydrogens is 629 g/mol. The van der Waals surface area contributed by atoms with Gasteiger partial charge in [-0.15, -0.1) is 0 Å². The van der Waals surface area contributed by atoms with Crippen LogP contribution in [-0.4, -0.2) is 78.0 Å². The number of hydrogen-bond donors (Lipinski definition) is 3. The maximum absolute atomic E-state index is 13.1. The smallest absolute Gasteiger partial charge is 0.475 e. The van der Waals surface area contributed by atoms with Crippen LogP contribution in [0.3, 0.4) is 0 Å². The summed E-state index contributed by atoms with van der Waals surface area (Å²) in [6, 6.07) is 10.9. The second-order valence-electron chi connectivity index (χ2n) is 8.62. The molecule has 9 nitrogen and oxygen atoms in total. The first kappa shape index (κ1) is 35.4. The highest BCUT2D eigenvalue weighted by Gasteiger charge is 2.39. The van der Waals surface area contributed by atoms with Crippen molar-refractivity contribution in [3.8, 4) is 0 Å². The van der Waals surface area contributed by atoms with Crippen molar-refractivity contribution in [3.05, 3.63) is 65.9 Å². The zero-order chi connectivity index (χ0) is 32.8. The summed E-state index contributed by atoms with van der Waals surface area (Å²) in [4.78, 5) is 19.7. The van der Waals surface area contributed by atoms with Crippen LogP contribution in [0.5, 0.6) is 0 Å². The van der Waals surface area contributed by atoms with Crippen molar-refractivity contribution in [1.82, 2.24) is 14.2 Å². The first-order valence-corrected chi connectivity index (χ1v) is 13.1. The third-order valence-corrected chi connectivity index (χ3v) is 7.28. The molecule has 238 valence electrons. The summed E-state index contributed by atoms with van der Waals surface area (Å²) in [6.45, 7) is 4.30. The van der Waals surface area contributed by atoms with Crippen LogP contribution < -0.4 is 5.32 Å². The largest absolute Gasteiger partial charge is 0.490 e. The Kier molecular flexibility index (Phi) is 11.2. The van der Waals surface area contributed by atoms with E-state index in [0.717, 1.165) is 53.2 Å². The number of carboxylic acid groups (broad SMARTS) is 2. The van der Waals surface area contributed by atoms with E-state index in [0.29, 0.717) is 18.1 Å². The third-order valence-electron chi connectivity index (χ3n) is 5.59. The molecule has 0 unspecified atom stereocenters. The third kappa shape index (κ3) is 9.85. The van der Waals surface area contributed by atoms with Gasteiger partial charge in [-0.25, -0.2) is 22.0 Å². The van der Waals surface area contributed by atoms with Crippen LogP contribution in [0, 0.1) is 0 Å². The summed E-state index contributed by atoms with van der Waals surface area (Å²) in [7, 11) is -4.16. The van der Waals surface area contributed by atoms with Crippen molar-refractivity contribution in [2.45, 2.75) is 30.0 Å². The maximum Gasteiger partial charge on any atom is 0.490 e. The van der Waals surface area contributed by atoms with E-state index in [1.807, 2.05) is 6.07 Å². The van der Waals surface area contributed by atoms with Crippen LogP contribution in [0.1, 0.15) is 11.1 Å². The number of alkyl halides is 9. The van der Waals surface area contributed by atoms with Gasteiger partial charge in [0.25, 0.3) is 10.0 Å². The summed E-state index contributed by atoms with van der Waals surface area (Å²) in [5.41, 5.74) is 0.451. The predicted octanol–water partition coefficient (Wildman–Crippen LogP) is 4.57. The van der Waals surface area contributed by atoms with Crippen LogP contribution in [0.2, 0.25) is 0 Å². The number of carbonyl (C=O) groups is 2. The fourth-order valence-corrected chi connectivity index (χ4v) is 5.00. The fourth-order valence-electron chi connectivity index (χ4n) is 3.61. The number of piperazine rings is 1. The average molecular weight is 652 g/mol. The topological polar surface area (TPSA) is 129 Å². The number of hydrogen-bond acceptors (Lipinski definition) is 6. The Morgan fingerprint density at radius 2 is 1.33 bits per heavy atom. The number of benzene rings is 2. The van der Waals surface area contributed by atoms with Gasteiger partial charge in [0.2, 0.25) is 0 Å². The normalized spacial score (nSPS) is 14.7. The SMILES string of the molecule is O=C(O)C(F)(F)F.O=C(O)C(F)(F)F.O=S(=O)(c1cccc(C(F)(F)F)c1)n1ccc2c(CN3CCNCC3)cccc21. The highest BCUT2D eigenvalue weighted by molar-refractivity contribution is 7.90. The van der Waals surface area contributed by atoms with Crippen LogP contribution in [0.4, 0.5) is 39.5 Å². The molecule has 0 radical (unpaired) electrons. The van der Waals surface area contributed by atoms with Crippen LogP contribution in [0.15, 0.2) is 59.6 Å². The van der Waals surface area contributed by atoms with Gasteiger partial charge in [0.1, 0.15) is 0 Å². The van der Waals surface area contributed by atoms with Crippen LogP contribution in [-0.2, 0) is 32.3 Å². The Morgan fingerprint density at radius 3 is 1.81 bits per heavy atom. The fraction of sp³-hybridized carbons (Fsp3) is 0.333. The van der Waals surface area contributed by atoms with Gasteiger partial charge >= 0.3 is 30.5 Å². The molecule has 2 aromatic carbocycles. The molecule has 1 aliphatic rings. The molecule has 0 saturated carbocycles. The van der Waals surface area contributed by atoms with E-state index in [9.17, 15) is 47.9 Å². The van der Waals surface area contributed by atoms with E-state index < -0.39 is 50.9 Å². The molecule has 1 aromatic heterocycles. The van der Waals surface area contributed by atoms with Gasteiger partial charge < -0.3 is 15.5 Å². The average Bonchev–Trinajstić information content (AvgIpc) is 3.35. The van der Waals surface area contributed by atoms with E-state index >= 15 is 0 Å². The molecule has 0 spiro atoms. The Balaban J connectivity index is 0.000000384. The minimum absolute atomic E-state index is 0.391. The maximum atomic E-state index is 13.1. The number of nitrogens with one attached hydrogen (secondary N) is 1. The van der Waals surface area contributed by atoms with Gasteiger partial charge in [-0.05, 0) is 35.9 Å². The standard InChI is InChI=1S/C20H20F3N3O2S.2C2HF3O2/c21-20(22,23)16-4-2-5-17(13-16)29(27,28)26-10-7-18-15(3-1-6-19(18)26)14-25-11-8-24-9-12-25;2*3-2(4,5)1(6)7/h1-7,10,13,24H,8-9,11-12,14H2;2*(H,6,7). The quantitative estimate of drug-likeness (QED) is 0.350. The number of aromatic nitrogens is 1. The lowest BCUT2D eigenvalue weighted by Crippen LogP contribution is -2.42. The van der Waals surface area contributed by atoms with Crippen molar-refractivity contribution < 1.29 is 67.7 Å². The Hall–Kier alpha value is -3.84. The molecule has 0 bridgehead atoms. The number of carboxylic acids is 2. The van der Waals surface area contributed by atoms with Crippen molar-refractivity contribution in [3.63, 3.8) is 0 Å². The summed E-state index contributed by atoms with van der Waals surface area (Å²) < 4.78 is 130. The Labute approximate surface area is 237 Å². The summed E-state index contributed by atoms with van der Waals surface area (Å²) in [5, 5.41) is 18.3. The lowest BCUT2D eigenvalue weighted by molar-refractivity contribution is -0.193. The van der Waals surface area contributed by atoms with Gasteiger partial charge in [0, 0.05) is 44.3 Å². The highest BCUT2D eigenvalue weighted by Crippen LogP contribution is 2.32. The van der Waals surface area contributed by atoms with Gasteiger partial charge in [-0.3, -0.25) is 4.90 Å². The number of aliphatic carboxylic acids is 2. The van der Waals surface area contributed by atoms with E-state index in [2.05, 4.69) is 10.2 Å². The molecule has 3 N–H and O–H groups in total. The predicted molar refractivity (Wildman–Crippen MR) is 131 cm³/mol. The van der Waals surface area contributed by atoms with E-state index in [-0.39, 0.29) is 0 Å². The highest BCUT2D eigenvalue weighted by atomic mass is 32.2. The number of fused-ring (bicyclic) bond motifs is 1. The molecule has 0 atom stereocenters. The molecule has 19 heteroatoms. The van der Waals surface area contributed by atoms with Gasteiger partial charge in [-0.2, -0.15) is 39.5 Å². The molecule has 3 aromatic rings. The molecule has 43 heavy (non-hydrogen) atoms. The summed E-state index contributed by atoms with van der Waals surface area (Å²) >= 11 is 0. The second kappa shape index (κ2) is 13.6. The molecule has 1 fully saturated rings. The van der Waals surface area contributed by atoms with Gasteiger partial charge in [0.15, 0.2) is 0 Å². The second-order valence-corrected chi connectivity index (χ2v) is 10.4. The lowest BCUT2D eigenvalue weighted by atomic mass is 10.1. The van der Waals surface area contributed by atoms with Crippen molar-refractivity contribution >= 4 is 32.9 Å². The molecule has 4 rings (SSSR count). The minimum atomic E-state index is -5.08. The molecule has 1 aliphatic heterocycles. The molecular formula is C24H22F9N3O6S. The van der Waals surface area contributed by atoms with Crippen molar-refractivity contribution in [1.29, 1.82) is 0 Å². The number of nitrogens with zero attached hydrogens (tertiary/aromatic N) is 2. The molecule has 1 saturated heterocycles. The zero-order valence-corrected chi connectivity index (χ0v) is 22.3. The van der Waals surface area contributed by atoms with Crippen molar-refractivity contribution in [2.75, 3.05) is 26.2 Å². The minimum Gasteiger partial charge on any atom is -0.475 e. The Bertz CT molecular complexity index is 1500. The number of halogens is 9. The monoisotopic (exact) mass is 651 g/mol. The van der Waals surface area contributed by atoms with E-state index in [4.69, 9.17) is 19.8 Å². The molecule has 2 heterocycles. The zero-order valence-electron chi connectivity index (χ0n) is 21.5. The van der Waals surface area contributed by atoms with Crippen LogP contribution >= 0.6 is 0 Å². The van der Waals surface area contributed by atoms with E-state index in [1.54, 1.807) is 18.2 Å². The van der Waals surface area contributed by atoms with Crippen LogP contribution in [0.25, 0.3) is 10.9 Å².